The Morgan fingerprint density at radius 3 is 2.33 bits per heavy atom. The molecule has 0 aliphatic rings. The van der Waals surface area contributed by atoms with Crippen LogP contribution >= 0.6 is 12.2 Å². The first-order chi connectivity index (χ1) is 9.88. The summed E-state index contributed by atoms with van der Waals surface area (Å²) in [6.07, 6.45) is 0. The Morgan fingerprint density at radius 2 is 1.71 bits per heavy atom. The third-order valence-electron chi connectivity index (χ3n) is 2.67. The lowest BCUT2D eigenvalue weighted by atomic mass is 10.1. The maximum Gasteiger partial charge on any atom is 0.258 e. The van der Waals surface area contributed by atoms with E-state index < -0.39 is 23.4 Å². The number of benzene rings is 2. The van der Waals surface area contributed by atoms with E-state index in [4.69, 9.17) is 5.73 Å². The fraction of sp³-hybridized carbons (Fsp3) is 0. The van der Waals surface area contributed by atoms with Crippen LogP contribution in [0, 0.1) is 17.5 Å². The Kier molecular flexibility index (Phi) is 4.23. The van der Waals surface area contributed by atoms with Crippen molar-refractivity contribution in [1.82, 2.24) is 0 Å². The van der Waals surface area contributed by atoms with Crippen molar-refractivity contribution in [2.24, 2.45) is 5.73 Å². The Bertz CT molecular complexity index is 734. The highest BCUT2D eigenvalue weighted by molar-refractivity contribution is 7.80. The predicted molar refractivity (Wildman–Crippen MR) is 76.6 cm³/mol. The molecule has 0 aromatic heterocycles. The summed E-state index contributed by atoms with van der Waals surface area (Å²) in [5.41, 5.74) is 5.16. The van der Waals surface area contributed by atoms with Crippen LogP contribution in [0.1, 0.15) is 15.9 Å². The van der Waals surface area contributed by atoms with Crippen LogP contribution in [0.15, 0.2) is 36.4 Å². The summed E-state index contributed by atoms with van der Waals surface area (Å²) in [4.78, 5) is 11.7. The van der Waals surface area contributed by atoms with Crippen LogP contribution in [0.4, 0.5) is 18.9 Å². The lowest BCUT2D eigenvalue weighted by Crippen LogP contribution is -2.16. The molecule has 7 heteroatoms. The number of carbonyl (C=O) groups is 1. The van der Waals surface area contributed by atoms with Crippen LogP contribution in [0.25, 0.3) is 0 Å². The molecule has 0 fully saturated rings. The fourth-order valence-electron chi connectivity index (χ4n) is 1.66. The number of anilines is 1. The summed E-state index contributed by atoms with van der Waals surface area (Å²) >= 11 is 4.67. The number of carbonyl (C=O) groups excluding carboxylic acids is 1. The van der Waals surface area contributed by atoms with Crippen molar-refractivity contribution in [2.75, 3.05) is 5.32 Å². The quantitative estimate of drug-likeness (QED) is 0.857. The zero-order chi connectivity index (χ0) is 15.6. The van der Waals surface area contributed by atoms with Gasteiger partial charge in [0.2, 0.25) is 0 Å². The molecule has 0 unspecified atom stereocenters. The molecule has 0 aliphatic carbocycles. The number of hydrogen-bond acceptors (Lipinski definition) is 2. The summed E-state index contributed by atoms with van der Waals surface area (Å²) in [6, 6.07) is 6.15. The van der Waals surface area contributed by atoms with E-state index >= 15 is 0 Å². The monoisotopic (exact) mass is 310 g/mol. The largest absolute Gasteiger partial charge is 0.389 e. The molecule has 2 rings (SSSR count). The van der Waals surface area contributed by atoms with Crippen molar-refractivity contribution in [3.05, 3.63) is 65.0 Å². The molecule has 2 aromatic carbocycles. The molecule has 0 atom stereocenters. The van der Waals surface area contributed by atoms with E-state index in [1.807, 2.05) is 0 Å². The van der Waals surface area contributed by atoms with E-state index in [0.717, 1.165) is 18.2 Å². The van der Waals surface area contributed by atoms with Gasteiger partial charge >= 0.3 is 0 Å². The third-order valence-corrected chi connectivity index (χ3v) is 2.89. The van der Waals surface area contributed by atoms with Crippen molar-refractivity contribution >= 4 is 28.8 Å². The average molecular weight is 310 g/mol. The number of amides is 1. The molecule has 0 heterocycles. The molecule has 0 radical (unpaired) electrons. The summed E-state index contributed by atoms with van der Waals surface area (Å²) < 4.78 is 39.7. The minimum absolute atomic E-state index is 0.0395. The van der Waals surface area contributed by atoms with Crippen LogP contribution in [0.3, 0.4) is 0 Å². The summed E-state index contributed by atoms with van der Waals surface area (Å²) in [5.74, 6) is -3.22. The molecular weight excluding hydrogens is 301 g/mol. The van der Waals surface area contributed by atoms with E-state index in [1.165, 1.54) is 12.1 Å². The number of nitrogens with two attached hydrogens (primary N) is 1. The Balaban J connectivity index is 2.27. The van der Waals surface area contributed by atoms with Gasteiger partial charge < -0.3 is 11.1 Å². The Hall–Kier alpha value is -2.41. The van der Waals surface area contributed by atoms with Gasteiger partial charge in [-0.25, -0.2) is 13.2 Å². The summed E-state index contributed by atoms with van der Waals surface area (Å²) in [7, 11) is 0. The van der Waals surface area contributed by atoms with Crippen LogP contribution < -0.4 is 11.1 Å². The average Bonchev–Trinajstić information content (AvgIpc) is 2.40. The molecule has 0 saturated heterocycles. The maximum atomic E-state index is 13.5. The Morgan fingerprint density at radius 1 is 1.00 bits per heavy atom. The maximum absolute atomic E-state index is 13.5. The second kappa shape index (κ2) is 5.92. The van der Waals surface area contributed by atoms with Gasteiger partial charge in [-0.3, -0.25) is 4.79 Å². The Labute approximate surface area is 123 Å². The molecule has 21 heavy (non-hydrogen) atoms. The molecule has 0 aliphatic heterocycles. The number of nitrogens with one attached hydrogen (secondary N) is 1. The molecular formula is C14H9F3N2OS. The topological polar surface area (TPSA) is 55.1 Å². The van der Waals surface area contributed by atoms with E-state index in [-0.39, 0.29) is 21.8 Å². The molecule has 2 aromatic rings. The van der Waals surface area contributed by atoms with E-state index in [1.54, 1.807) is 0 Å². The lowest BCUT2D eigenvalue weighted by Gasteiger charge is -2.08. The van der Waals surface area contributed by atoms with Crippen molar-refractivity contribution in [2.45, 2.75) is 0 Å². The summed E-state index contributed by atoms with van der Waals surface area (Å²) in [6.45, 7) is 0. The SMILES string of the molecule is NC(=S)c1cc(NC(=O)c2ccc(F)cc2F)ccc1F. The van der Waals surface area contributed by atoms with E-state index in [0.29, 0.717) is 6.07 Å². The molecule has 0 bridgehead atoms. The minimum atomic E-state index is -0.996. The first kappa shape index (κ1) is 15.0. The van der Waals surface area contributed by atoms with Gasteiger partial charge in [-0.05, 0) is 30.3 Å². The smallest absolute Gasteiger partial charge is 0.258 e. The highest BCUT2D eigenvalue weighted by Crippen LogP contribution is 2.17. The number of rotatable bonds is 3. The lowest BCUT2D eigenvalue weighted by molar-refractivity contribution is 0.102. The second-order valence-electron chi connectivity index (χ2n) is 4.14. The molecule has 3 nitrogen and oxygen atoms in total. The van der Waals surface area contributed by atoms with Crippen LogP contribution in [0.5, 0.6) is 0 Å². The zero-order valence-corrected chi connectivity index (χ0v) is 11.3. The minimum Gasteiger partial charge on any atom is -0.389 e. The second-order valence-corrected chi connectivity index (χ2v) is 4.58. The van der Waals surface area contributed by atoms with Crippen molar-refractivity contribution < 1.29 is 18.0 Å². The van der Waals surface area contributed by atoms with Gasteiger partial charge in [-0.2, -0.15) is 0 Å². The standard InChI is InChI=1S/C14H9F3N2OS/c15-7-1-3-9(12(17)5-7)14(20)19-8-2-4-11(16)10(6-8)13(18)21/h1-6H,(H2,18,21)(H,19,20). The van der Waals surface area contributed by atoms with Gasteiger partial charge in [-0.15, -0.1) is 0 Å². The number of thiocarbonyl (C=S) groups is 1. The predicted octanol–water partition coefficient (Wildman–Crippen LogP) is 2.99. The molecule has 0 saturated carbocycles. The van der Waals surface area contributed by atoms with Gasteiger partial charge in [-0.1, -0.05) is 12.2 Å². The number of halogens is 3. The molecule has 3 N–H and O–H groups in total. The third kappa shape index (κ3) is 3.38. The van der Waals surface area contributed by atoms with Gasteiger partial charge in [0.1, 0.15) is 22.4 Å². The van der Waals surface area contributed by atoms with Gasteiger partial charge in [0.15, 0.2) is 0 Å². The van der Waals surface area contributed by atoms with Gasteiger partial charge in [0.05, 0.1) is 5.56 Å². The molecule has 108 valence electrons. The fourth-order valence-corrected chi connectivity index (χ4v) is 1.82. The normalized spacial score (nSPS) is 10.2. The van der Waals surface area contributed by atoms with Crippen LogP contribution in [-0.4, -0.2) is 10.9 Å². The first-order valence-electron chi connectivity index (χ1n) is 5.74. The molecule has 1 amide bonds. The van der Waals surface area contributed by atoms with E-state index in [2.05, 4.69) is 17.5 Å². The zero-order valence-electron chi connectivity index (χ0n) is 10.5. The van der Waals surface area contributed by atoms with Crippen molar-refractivity contribution in [3.63, 3.8) is 0 Å². The first-order valence-corrected chi connectivity index (χ1v) is 6.15. The summed E-state index contributed by atoms with van der Waals surface area (Å²) in [5, 5.41) is 2.36. The van der Waals surface area contributed by atoms with E-state index in [9.17, 15) is 18.0 Å². The van der Waals surface area contributed by atoms with Crippen molar-refractivity contribution in [3.8, 4) is 0 Å². The van der Waals surface area contributed by atoms with Gasteiger partial charge in [0.25, 0.3) is 5.91 Å². The van der Waals surface area contributed by atoms with Gasteiger partial charge in [0, 0.05) is 17.3 Å². The number of hydrogen-bond donors (Lipinski definition) is 2. The van der Waals surface area contributed by atoms with Crippen molar-refractivity contribution in [1.29, 1.82) is 0 Å². The highest BCUT2D eigenvalue weighted by Gasteiger charge is 2.14. The molecule has 0 spiro atoms. The van der Waals surface area contributed by atoms with Crippen LogP contribution in [0.2, 0.25) is 0 Å². The highest BCUT2D eigenvalue weighted by atomic mass is 32.1. The van der Waals surface area contributed by atoms with Crippen LogP contribution in [-0.2, 0) is 0 Å².